The van der Waals surface area contributed by atoms with E-state index < -0.39 is 0 Å². The molecule has 156 valence electrons. The van der Waals surface area contributed by atoms with E-state index in [-0.39, 0.29) is 5.91 Å². The molecular formula is C22H20N6O3. The van der Waals surface area contributed by atoms with Crippen LogP contribution in [-0.4, -0.2) is 32.9 Å². The standard InChI is InChI=1S/C22H20N6O3/c29-22(25-12-17-4-7-31-28-17)15-3-1-2-14(8-15)9-23-21-18-5-6-30-20(18)19(13-24-21)16-10-26-27-11-16/h1-4,7-8,10-11,13H,5-6,9,12H2,(H,23,24)(H,25,29)(H,26,27). The Morgan fingerprint density at radius 2 is 2.16 bits per heavy atom. The van der Waals surface area contributed by atoms with Crippen LogP contribution in [0.5, 0.6) is 5.75 Å². The Morgan fingerprint density at radius 1 is 1.19 bits per heavy atom. The second-order valence-electron chi connectivity index (χ2n) is 7.14. The van der Waals surface area contributed by atoms with Gasteiger partial charge in [-0.3, -0.25) is 9.89 Å². The van der Waals surface area contributed by atoms with Gasteiger partial charge in [0.15, 0.2) is 0 Å². The van der Waals surface area contributed by atoms with Gasteiger partial charge < -0.3 is 19.9 Å². The largest absolute Gasteiger partial charge is 0.492 e. The number of anilines is 1. The minimum absolute atomic E-state index is 0.165. The molecule has 0 saturated heterocycles. The SMILES string of the molecule is O=C(NCc1ccon1)c1cccc(CNc2ncc(-c3cn[nH]c3)c3c2CCO3)c1. The average Bonchev–Trinajstić information content (AvgIpc) is 3.58. The molecule has 1 aromatic carbocycles. The van der Waals surface area contributed by atoms with Crippen molar-refractivity contribution in [2.45, 2.75) is 19.5 Å². The minimum atomic E-state index is -0.165. The molecule has 0 atom stereocenters. The second-order valence-corrected chi connectivity index (χ2v) is 7.14. The van der Waals surface area contributed by atoms with Crippen molar-refractivity contribution < 1.29 is 14.1 Å². The van der Waals surface area contributed by atoms with E-state index >= 15 is 0 Å². The molecule has 1 aliphatic heterocycles. The van der Waals surface area contributed by atoms with Gasteiger partial charge in [0.2, 0.25) is 0 Å². The van der Waals surface area contributed by atoms with E-state index in [0.29, 0.717) is 31.0 Å². The average molecular weight is 416 g/mol. The van der Waals surface area contributed by atoms with Gasteiger partial charge in [0.05, 0.1) is 19.3 Å². The van der Waals surface area contributed by atoms with Crippen LogP contribution >= 0.6 is 0 Å². The third-order valence-electron chi connectivity index (χ3n) is 5.11. The van der Waals surface area contributed by atoms with E-state index in [0.717, 1.165) is 40.2 Å². The van der Waals surface area contributed by atoms with Gasteiger partial charge in [-0.05, 0) is 17.7 Å². The molecule has 3 N–H and O–H groups in total. The summed E-state index contributed by atoms with van der Waals surface area (Å²) in [5.74, 6) is 1.47. The number of aromatic nitrogens is 4. The summed E-state index contributed by atoms with van der Waals surface area (Å²) in [4.78, 5) is 17.1. The summed E-state index contributed by atoms with van der Waals surface area (Å²) in [5.41, 5.74) is 5.16. The van der Waals surface area contributed by atoms with Crippen LogP contribution in [0.2, 0.25) is 0 Å². The molecule has 0 bridgehead atoms. The molecule has 1 amide bonds. The molecule has 4 aromatic rings. The predicted molar refractivity (Wildman–Crippen MR) is 112 cm³/mol. The van der Waals surface area contributed by atoms with E-state index in [2.05, 4.69) is 31.0 Å². The Morgan fingerprint density at radius 3 is 3.00 bits per heavy atom. The van der Waals surface area contributed by atoms with Crippen molar-refractivity contribution in [3.05, 3.63) is 77.6 Å². The number of ether oxygens (including phenoxy) is 1. The third-order valence-corrected chi connectivity index (χ3v) is 5.11. The Balaban J connectivity index is 1.28. The fraction of sp³-hybridized carbons (Fsp3) is 0.182. The first-order valence-corrected chi connectivity index (χ1v) is 9.92. The van der Waals surface area contributed by atoms with E-state index in [1.807, 2.05) is 24.4 Å². The fourth-order valence-electron chi connectivity index (χ4n) is 3.55. The molecule has 9 nitrogen and oxygen atoms in total. The van der Waals surface area contributed by atoms with Crippen molar-refractivity contribution in [1.29, 1.82) is 0 Å². The Hall–Kier alpha value is -4.14. The lowest BCUT2D eigenvalue weighted by Gasteiger charge is -2.12. The highest BCUT2D eigenvalue weighted by Gasteiger charge is 2.22. The second kappa shape index (κ2) is 8.31. The van der Waals surface area contributed by atoms with E-state index in [1.54, 1.807) is 24.5 Å². The molecule has 9 heteroatoms. The number of rotatable bonds is 7. The Labute approximate surface area is 177 Å². The number of H-pyrrole nitrogens is 1. The zero-order chi connectivity index (χ0) is 21.0. The van der Waals surface area contributed by atoms with Crippen LogP contribution in [0.15, 0.2) is 59.7 Å². The number of hydrogen-bond donors (Lipinski definition) is 3. The summed E-state index contributed by atoms with van der Waals surface area (Å²) in [5, 5.41) is 16.8. The van der Waals surface area contributed by atoms with Crippen LogP contribution in [0, 0.1) is 0 Å². The highest BCUT2D eigenvalue weighted by molar-refractivity contribution is 5.94. The molecule has 0 unspecified atom stereocenters. The van der Waals surface area contributed by atoms with E-state index in [1.165, 1.54) is 6.26 Å². The van der Waals surface area contributed by atoms with Crippen LogP contribution in [0.1, 0.15) is 27.2 Å². The van der Waals surface area contributed by atoms with Crippen LogP contribution < -0.4 is 15.4 Å². The molecule has 3 aromatic heterocycles. The number of pyridine rings is 1. The van der Waals surface area contributed by atoms with Crippen molar-refractivity contribution in [3.8, 4) is 16.9 Å². The monoisotopic (exact) mass is 416 g/mol. The maximum atomic E-state index is 12.4. The number of nitrogens with zero attached hydrogens (tertiary/aromatic N) is 3. The highest BCUT2D eigenvalue weighted by atomic mass is 16.5. The van der Waals surface area contributed by atoms with Crippen molar-refractivity contribution in [1.82, 2.24) is 25.7 Å². The molecule has 31 heavy (non-hydrogen) atoms. The quantitative estimate of drug-likeness (QED) is 0.424. The zero-order valence-electron chi connectivity index (χ0n) is 16.6. The van der Waals surface area contributed by atoms with Crippen LogP contribution in [0.3, 0.4) is 0 Å². The van der Waals surface area contributed by atoms with Gasteiger partial charge in [0, 0.05) is 53.7 Å². The lowest BCUT2D eigenvalue weighted by Crippen LogP contribution is -2.23. The maximum absolute atomic E-state index is 12.4. The number of hydrogen-bond acceptors (Lipinski definition) is 7. The van der Waals surface area contributed by atoms with Gasteiger partial charge in [-0.2, -0.15) is 5.10 Å². The summed E-state index contributed by atoms with van der Waals surface area (Å²) >= 11 is 0. The number of fused-ring (bicyclic) bond motifs is 1. The van der Waals surface area contributed by atoms with Crippen LogP contribution in [-0.2, 0) is 19.5 Å². The van der Waals surface area contributed by atoms with Gasteiger partial charge in [0.1, 0.15) is 23.5 Å². The number of nitrogens with one attached hydrogen (secondary N) is 3. The first kappa shape index (κ1) is 18.9. The van der Waals surface area contributed by atoms with Crippen molar-refractivity contribution >= 4 is 11.7 Å². The van der Waals surface area contributed by atoms with E-state index in [4.69, 9.17) is 9.26 Å². The van der Waals surface area contributed by atoms with Crippen LogP contribution in [0.25, 0.3) is 11.1 Å². The van der Waals surface area contributed by atoms with Gasteiger partial charge in [-0.25, -0.2) is 4.98 Å². The van der Waals surface area contributed by atoms with Crippen molar-refractivity contribution in [2.75, 3.05) is 11.9 Å². The summed E-state index contributed by atoms with van der Waals surface area (Å²) in [6, 6.07) is 9.20. The van der Waals surface area contributed by atoms with E-state index in [9.17, 15) is 4.79 Å². The van der Waals surface area contributed by atoms with Gasteiger partial charge in [-0.1, -0.05) is 17.3 Å². The molecule has 1 aliphatic rings. The van der Waals surface area contributed by atoms with Crippen molar-refractivity contribution in [2.24, 2.45) is 0 Å². The third kappa shape index (κ3) is 3.97. The fourth-order valence-corrected chi connectivity index (χ4v) is 3.55. The normalized spacial score (nSPS) is 12.3. The van der Waals surface area contributed by atoms with Crippen molar-refractivity contribution in [3.63, 3.8) is 0 Å². The molecule has 0 aliphatic carbocycles. The van der Waals surface area contributed by atoms with Crippen LogP contribution in [0.4, 0.5) is 5.82 Å². The molecule has 4 heterocycles. The minimum Gasteiger partial charge on any atom is -0.492 e. The van der Waals surface area contributed by atoms with Gasteiger partial charge in [0.25, 0.3) is 5.91 Å². The molecule has 5 rings (SSSR count). The summed E-state index contributed by atoms with van der Waals surface area (Å²) in [6.45, 7) is 1.48. The number of carbonyl (C=O) groups excluding carboxylic acids is 1. The molecule has 0 spiro atoms. The maximum Gasteiger partial charge on any atom is 0.251 e. The zero-order valence-corrected chi connectivity index (χ0v) is 16.6. The Kier molecular flexibility index (Phi) is 5.05. The summed E-state index contributed by atoms with van der Waals surface area (Å²) in [6.07, 6.45) is 7.65. The summed E-state index contributed by atoms with van der Waals surface area (Å²) < 4.78 is 10.6. The topological polar surface area (TPSA) is 118 Å². The molecule has 0 radical (unpaired) electrons. The summed E-state index contributed by atoms with van der Waals surface area (Å²) in [7, 11) is 0. The van der Waals surface area contributed by atoms with Gasteiger partial charge >= 0.3 is 0 Å². The first-order chi connectivity index (χ1) is 15.3. The Bertz CT molecular complexity index is 1190. The smallest absolute Gasteiger partial charge is 0.251 e. The lowest BCUT2D eigenvalue weighted by atomic mass is 10.1. The number of amides is 1. The molecule has 0 fully saturated rings. The number of carbonyl (C=O) groups is 1. The number of aromatic amines is 1. The van der Waals surface area contributed by atoms with Gasteiger partial charge in [-0.15, -0.1) is 0 Å². The number of benzene rings is 1. The highest BCUT2D eigenvalue weighted by Crippen LogP contribution is 2.39. The lowest BCUT2D eigenvalue weighted by molar-refractivity contribution is 0.0950. The predicted octanol–water partition coefficient (Wildman–Crippen LogP) is 2.94. The molecular weight excluding hydrogens is 396 g/mol. The first-order valence-electron chi connectivity index (χ1n) is 9.92. The molecule has 0 saturated carbocycles.